The van der Waals surface area contributed by atoms with Crippen LogP contribution in [0.4, 0.5) is 0 Å². The van der Waals surface area contributed by atoms with Crippen LogP contribution >= 0.6 is 0 Å². The monoisotopic (exact) mass is 201 g/mol. The Morgan fingerprint density at radius 2 is 2.00 bits per heavy atom. The van der Waals surface area contributed by atoms with E-state index in [9.17, 15) is 4.79 Å². The second-order valence-electron chi connectivity index (χ2n) is 4.24. The van der Waals surface area contributed by atoms with Crippen molar-refractivity contribution in [1.82, 2.24) is 0 Å². The van der Waals surface area contributed by atoms with E-state index in [4.69, 9.17) is 10.8 Å². The minimum absolute atomic E-state index is 0.0810. The minimum Gasteiger partial charge on any atom is -0.481 e. The van der Waals surface area contributed by atoms with E-state index >= 15 is 0 Å². The Bertz CT molecular complexity index is 171. The number of unbranched alkanes of at least 4 members (excludes halogenated alkanes) is 1. The fourth-order valence-electron chi connectivity index (χ4n) is 1.60. The van der Waals surface area contributed by atoms with E-state index in [1.165, 1.54) is 12.8 Å². The summed E-state index contributed by atoms with van der Waals surface area (Å²) in [5, 5.41) is 8.61. The third kappa shape index (κ3) is 5.22. The van der Waals surface area contributed by atoms with Gasteiger partial charge in [-0.25, -0.2) is 0 Å². The molecule has 0 heterocycles. The zero-order valence-corrected chi connectivity index (χ0v) is 9.49. The van der Waals surface area contributed by atoms with Crippen LogP contribution in [0.5, 0.6) is 0 Å². The van der Waals surface area contributed by atoms with Crippen LogP contribution in [-0.2, 0) is 4.79 Å². The van der Waals surface area contributed by atoms with Crippen molar-refractivity contribution in [3.63, 3.8) is 0 Å². The van der Waals surface area contributed by atoms with E-state index < -0.39 is 5.97 Å². The van der Waals surface area contributed by atoms with Crippen LogP contribution in [0.25, 0.3) is 0 Å². The molecule has 0 rings (SSSR count). The molecule has 0 saturated heterocycles. The van der Waals surface area contributed by atoms with Gasteiger partial charge in [0.2, 0.25) is 0 Å². The molecule has 84 valence electrons. The molecule has 3 nitrogen and oxygen atoms in total. The number of aliphatic carboxylic acids is 1. The number of nitrogens with two attached hydrogens (primary N) is 1. The highest BCUT2D eigenvalue weighted by atomic mass is 16.4. The summed E-state index contributed by atoms with van der Waals surface area (Å²) in [6.45, 7) is 6.37. The average Bonchev–Trinajstić information content (AvgIpc) is 2.11. The van der Waals surface area contributed by atoms with Crippen LogP contribution in [0.1, 0.15) is 46.5 Å². The summed E-state index contributed by atoms with van der Waals surface area (Å²) >= 11 is 0. The maximum atomic E-state index is 10.5. The van der Waals surface area contributed by atoms with E-state index in [1.807, 2.05) is 6.92 Å². The fraction of sp³-hybridized carbons (Fsp3) is 0.909. The predicted octanol–water partition coefficient (Wildman–Crippen LogP) is 2.25. The Hall–Kier alpha value is -0.570. The summed E-state index contributed by atoms with van der Waals surface area (Å²) in [5.74, 6) is 0.00833. The number of hydrogen-bond donors (Lipinski definition) is 2. The van der Waals surface area contributed by atoms with Gasteiger partial charge in [0.25, 0.3) is 0 Å². The molecule has 0 aliphatic carbocycles. The highest BCUT2D eigenvalue weighted by Gasteiger charge is 2.21. The lowest BCUT2D eigenvalue weighted by atomic mass is 9.84. The van der Waals surface area contributed by atoms with Gasteiger partial charge in [0.1, 0.15) is 0 Å². The van der Waals surface area contributed by atoms with Crippen molar-refractivity contribution in [2.24, 2.45) is 17.6 Å². The smallest absolute Gasteiger partial charge is 0.304 e. The molecule has 0 aromatic heterocycles. The van der Waals surface area contributed by atoms with E-state index in [-0.39, 0.29) is 18.4 Å². The highest BCUT2D eigenvalue weighted by Crippen LogP contribution is 2.21. The van der Waals surface area contributed by atoms with Gasteiger partial charge in [-0.2, -0.15) is 0 Å². The second kappa shape index (κ2) is 6.82. The van der Waals surface area contributed by atoms with Gasteiger partial charge >= 0.3 is 5.97 Å². The zero-order chi connectivity index (χ0) is 11.1. The van der Waals surface area contributed by atoms with Gasteiger partial charge in [-0.1, -0.05) is 40.0 Å². The Kier molecular flexibility index (Phi) is 6.54. The number of rotatable bonds is 7. The molecule has 0 aliphatic heterocycles. The van der Waals surface area contributed by atoms with E-state index in [1.54, 1.807) is 0 Å². The molecule has 3 heteroatoms. The van der Waals surface area contributed by atoms with Crippen molar-refractivity contribution in [2.75, 3.05) is 0 Å². The van der Waals surface area contributed by atoms with Crippen molar-refractivity contribution < 1.29 is 9.90 Å². The van der Waals surface area contributed by atoms with E-state index in [0.717, 1.165) is 6.42 Å². The normalized spacial score (nSPS) is 17.4. The highest BCUT2D eigenvalue weighted by molar-refractivity contribution is 5.67. The third-order valence-corrected chi connectivity index (χ3v) is 3.00. The van der Waals surface area contributed by atoms with E-state index in [0.29, 0.717) is 5.92 Å². The molecule has 0 unspecified atom stereocenters. The molecule has 0 saturated carbocycles. The van der Waals surface area contributed by atoms with Gasteiger partial charge in [-0.05, 0) is 11.8 Å². The Morgan fingerprint density at radius 3 is 2.43 bits per heavy atom. The first-order chi connectivity index (χ1) is 6.49. The van der Waals surface area contributed by atoms with Gasteiger partial charge in [0.05, 0.1) is 6.42 Å². The third-order valence-electron chi connectivity index (χ3n) is 3.00. The summed E-state index contributed by atoms with van der Waals surface area (Å²) in [5.41, 5.74) is 5.81. The van der Waals surface area contributed by atoms with Crippen LogP contribution in [0.2, 0.25) is 0 Å². The molecule has 3 atom stereocenters. The van der Waals surface area contributed by atoms with Crippen molar-refractivity contribution in [1.29, 1.82) is 0 Å². The summed E-state index contributed by atoms with van der Waals surface area (Å²) < 4.78 is 0. The average molecular weight is 201 g/mol. The molecule has 0 radical (unpaired) electrons. The molecule has 0 amide bonds. The molecule has 0 fully saturated rings. The lowest BCUT2D eigenvalue weighted by molar-refractivity contribution is -0.137. The number of carboxylic acid groups (broad SMARTS) is 1. The van der Waals surface area contributed by atoms with Crippen molar-refractivity contribution >= 4 is 5.97 Å². The van der Waals surface area contributed by atoms with Crippen LogP contribution in [0, 0.1) is 11.8 Å². The van der Waals surface area contributed by atoms with Crippen molar-refractivity contribution in [3.05, 3.63) is 0 Å². The SMILES string of the molecule is CCCC[C@@H](C)[C@@H](C)[C@H](N)CC(=O)O. The lowest BCUT2D eigenvalue weighted by Crippen LogP contribution is -2.34. The van der Waals surface area contributed by atoms with Crippen LogP contribution in [0.15, 0.2) is 0 Å². The topological polar surface area (TPSA) is 63.3 Å². The number of carboxylic acids is 1. The number of hydrogen-bond acceptors (Lipinski definition) is 2. The summed E-state index contributed by atoms with van der Waals surface area (Å²) in [6, 6.07) is -0.209. The van der Waals surface area contributed by atoms with E-state index in [2.05, 4.69) is 13.8 Å². The molecule has 0 aliphatic rings. The van der Waals surface area contributed by atoms with Gasteiger partial charge in [0.15, 0.2) is 0 Å². The largest absolute Gasteiger partial charge is 0.481 e. The van der Waals surface area contributed by atoms with Gasteiger partial charge in [-0.15, -0.1) is 0 Å². The molecule has 14 heavy (non-hydrogen) atoms. The fourth-order valence-corrected chi connectivity index (χ4v) is 1.60. The maximum absolute atomic E-state index is 10.5. The summed E-state index contributed by atoms with van der Waals surface area (Å²) in [4.78, 5) is 10.5. The standard InChI is InChI=1S/C11H23NO2/c1-4-5-6-8(2)9(3)10(12)7-11(13)14/h8-10H,4-7,12H2,1-3H3,(H,13,14)/t8-,9-,10-/m1/s1. The zero-order valence-electron chi connectivity index (χ0n) is 9.49. The van der Waals surface area contributed by atoms with Gasteiger partial charge < -0.3 is 10.8 Å². The van der Waals surface area contributed by atoms with Crippen LogP contribution in [0.3, 0.4) is 0 Å². The molecule has 0 aromatic carbocycles. The molecular formula is C11H23NO2. The second-order valence-corrected chi connectivity index (χ2v) is 4.24. The summed E-state index contributed by atoms with van der Waals surface area (Å²) in [7, 11) is 0. The molecule has 0 spiro atoms. The quantitative estimate of drug-likeness (QED) is 0.664. The maximum Gasteiger partial charge on any atom is 0.304 e. The molecular weight excluding hydrogens is 178 g/mol. The molecule has 0 aromatic rings. The first-order valence-corrected chi connectivity index (χ1v) is 5.46. The van der Waals surface area contributed by atoms with Crippen LogP contribution < -0.4 is 5.73 Å². The Morgan fingerprint density at radius 1 is 1.43 bits per heavy atom. The first kappa shape index (κ1) is 13.4. The van der Waals surface area contributed by atoms with Crippen molar-refractivity contribution in [3.8, 4) is 0 Å². The predicted molar refractivity (Wildman–Crippen MR) is 58.1 cm³/mol. The Labute approximate surface area is 86.7 Å². The first-order valence-electron chi connectivity index (χ1n) is 5.46. The minimum atomic E-state index is -0.799. The van der Waals surface area contributed by atoms with Gasteiger partial charge in [-0.3, -0.25) is 4.79 Å². The van der Waals surface area contributed by atoms with Crippen molar-refractivity contribution in [2.45, 2.75) is 52.5 Å². The Balaban J connectivity index is 3.89. The van der Waals surface area contributed by atoms with Crippen LogP contribution in [-0.4, -0.2) is 17.1 Å². The summed E-state index contributed by atoms with van der Waals surface area (Å²) in [6.07, 6.45) is 3.61. The molecule has 0 bridgehead atoms. The molecule has 3 N–H and O–H groups in total. The van der Waals surface area contributed by atoms with Gasteiger partial charge in [0, 0.05) is 6.04 Å². The number of carbonyl (C=O) groups is 1. The lowest BCUT2D eigenvalue weighted by Gasteiger charge is -2.24.